The molecule has 0 saturated carbocycles. The molecule has 0 saturated heterocycles. The van der Waals surface area contributed by atoms with E-state index in [0.29, 0.717) is 61.5 Å². The molecule has 17 heteroatoms. The van der Waals surface area contributed by atoms with Crippen LogP contribution in [0.4, 0.5) is 4.39 Å². The van der Waals surface area contributed by atoms with E-state index in [9.17, 15) is 22.3 Å². The van der Waals surface area contributed by atoms with Crippen molar-refractivity contribution < 1.29 is 41.2 Å². The fourth-order valence-electron chi connectivity index (χ4n) is 3.20. The number of hydroxylamine groups is 2. The number of sulfonamides is 1. The molecule has 224 valence electrons. The molecule has 0 aliphatic heterocycles. The molecule has 1 unspecified atom stereocenters. The average Bonchev–Trinajstić information content (AvgIpc) is 3.37. The van der Waals surface area contributed by atoms with E-state index in [0.717, 1.165) is 29.5 Å². The lowest BCUT2D eigenvalue weighted by atomic mass is 10.2. The van der Waals surface area contributed by atoms with Gasteiger partial charge in [-0.05, 0) is 67.7 Å². The minimum absolute atomic E-state index is 0.0955. The van der Waals surface area contributed by atoms with Gasteiger partial charge in [0, 0.05) is 10.8 Å². The molecule has 2 aromatic carbocycles. The highest BCUT2D eigenvalue weighted by atomic mass is 32.2. The Morgan fingerprint density at radius 3 is 2.37 bits per heavy atom. The minimum atomic E-state index is -4.55. The molecule has 0 bridgehead atoms. The third-order valence-electron chi connectivity index (χ3n) is 5.20. The van der Waals surface area contributed by atoms with E-state index in [1.54, 1.807) is 24.3 Å². The number of ether oxygens (including phenoxy) is 1. The van der Waals surface area contributed by atoms with Gasteiger partial charge in [0.05, 0.1) is 25.3 Å². The quantitative estimate of drug-likeness (QED) is 0.0910. The third-order valence-corrected chi connectivity index (χ3v) is 9.46. The van der Waals surface area contributed by atoms with Gasteiger partial charge >= 0.3 is 7.60 Å². The van der Waals surface area contributed by atoms with Crippen molar-refractivity contribution in [2.45, 2.75) is 17.1 Å². The highest BCUT2D eigenvalue weighted by molar-refractivity contribution is 7.92. The van der Waals surface area contributed by atoms with Crippen LogP contribution in [-0.4, -0.2) is 64.3 Å². The number of fused-ring (bicyclic) bond motifs is 1. The van der Waals surface area contributed by atoms with E-state index in [-0.39, 0.29) is 22.1 Å². The third kappa shape index (κ3) is 10.3. The van der Waals surface area contributed by atoms with Crippen molar-refractivity contribution in [1.29, 1.82) is 5.26 Å². The zero-order valence-corrected chi connectivity index (χ0v) is 24.4. The summed E-state index contributed by atoms with van der Waals surface area (Å²) in [6, 6.07) is 11.0. The van der Waals surface area contributed by atoms with E-state index in [2.05, 4.69) is 4.72 Å². The monoisotopic (exact) mass is 631 g/mol. The maximum Gasteiger partial charge on any atom is 0.391 e. The normalized spacial score (nSPS) is 13.3. The Balaban J connectivity index is 1.59. The summed E-state index contributed by atoms with van der Waals surface area (Å²) in [5, 5.41) is 10.7. The fourth-order valence-corrected chi connectivity index (χ4v) is 7.12. The van der Waals surface area contributed by atoms with Crippen LogP contribution in [0.5, 0.6) is 11.5 Å². The number of thiophene rings is 1. The molecule has 1 heterocycles. The van der Waals surface area contributed by atoms with Crippen LogP contribution in [-0.2, 0) is 24.3 Å². The molecule has 0 spiro atoms. The number of benzene rings is 2. The number of nitrogens with one attached hydrogen (secondary N) is 1. The van der Waals surface area contributed by atoms with E-state index in [4.69, 9.17) is 35.7 Å². The summed E-state index contributed by atoms with van der Waals surface area (Å²) in [5.41, 5.74) is 10.7. The average molecular weight is 632 g/mol. The van der Waals surface area contributed by atoms with Crippen LogP contribution in [0, 0.1) is 17.1 Å². The van der Waals surface area contributed by atoms with E-state index >= 15 is 0 Å². The number of nitrogens with zero attached hydrogens (tertiary/aromatic N) is 2. The van der Waals surface area contributed by atoms with Gasteiger partial charge in [-0.15, -0.1) is 11.3 Å². The van der Waals surface area contributed by atoms with Crippen LogP contribution in [0.3, 0.4) is 0 Å². The lowest BCUT2D eigenvalue weighted by Gasteiger charge is -2.21. The van der Waals surface area contributed by atoms with Crippen molar-refractivity contribution >= 4 is 39.0 Å². The highest BCUT2D eigenvalue weighted by Gasteiger charge is 2.27. The predicted molar refractivity (Wildman–Crippen MR) is 150 cm³/mol. The molecule has 13 nitrogen and oxygen atoms in total. The van der Waals surface area contributed by atoms with Gasteiger partial charge in [0.1, 0.15) is 40.5 Å². The van der Waals surface area contributed by atoms with E-state index in [1.807, 2.05) is 0 Å². The molecule has 0 radical (unpaired) electrons. The molecule has 0 amide bonds. The van der Waals surface area contributed by atoms with Gasteiger partial charge in [-0.3, -0.25) is 9.68 Å². The molecule has 0 fully saturated rings. The number of halogens is 1. The van der Waals surface area contributed by atoms with Gasteiger partial charge in [-0.1, -0.05) is 5.23 Å². The zero-order valence-electron chi connectivity index (χ0n) is 21.9. The lowest BCUT2D eigenvalue weighted by Crippen LogP contribution is -2.30. The summed E-state index contributed by atoms with van der Waals surface area (Å²) < 4.78 is 65.1. The lowest BCUT2D eigenvalue weighted by molar-refractivity contribution is -0.369. The Morgan fingerprint density at radius 2 is 1.73 bits per heavy atom. The summed E-state index contributed by atoms with van der Waals surface area (Å²) in [6.07, 6.45) is 0.357. The van der Waals surface area contributed by atoms with Crippen molar-refractivity contribution in [1.82, 2.24) is 9.95 Å². The molecular weight excluding hydrogens is 600 g/mol. The first kappa shape index (κ1) is 32.8. The van der Waals surface area contributed by atoms with Crippen LogP contribution in [0.25, 0.3) is 10.1 Å². The van der Waals surface area contributed by atoms with Crippen molar-refractivity contribution in [2.24, 2.45) is 11.5 Å². The number of nitriles is 1. The SMILES string of the molecule is N#Cc1ccc(OP(=O)(O)CNS(=O)(=O)c2cc3cc(OCCN(OCCCN)OCCCN)ccc3s2)cc1F. The second-order valence-corrected chi connectivity index (χ2v) is 13.3. The Kier molecular flexibility index (Phi) is 12.4. The largest absolute Gasteiger partial charge is 0.492 e. The van der Waals surface area contributed by atoms with Crippen molar-refractivity contribution in [3.05, 3.63) is 53.8 Å². The van der Waals surface area contributed by atoms with E-state index < -0.39 is 29.7 Å². The van der Waals surface area contributed by atoms with Crippen LogP contribution < -0.4 is 25.5 Å². The number of nitrogens with two attached hydrogens (primary N) is 2. The molecule has 41 heavy (non-hydrogen) atoms. The first-order valence-electron chi connectivity index (χ1n) is 12.4. The summed E-state index contributed by atoms with van der Waals surface area (Å²) in [5.74, 6) is -0.782. The summed E-state index contributed by atoms with van der Waals surface area (Å²) in [6.45, 7) is 2.23. The molecular formula is C24H31FN5O8PS2. The maximum atomic E-state index is 13.8. The molecule has 0 aliphatic carbocycles. The maximum absolute atomic E-state index is 13.8. The van der Waals surface area contributed by atoms with Gasteiger partial charge < -0.3 is 25.6 Å². The Hall–Kier alpha value is -2.68. The molecule has 6 N–H and O–H groups in total. The smallest absolute Gasteiger partial charge is 0.391 e. The van der Waals surface area contributed by atoms with Gasteiger partial charge in [0.25, 0.3) is 10.0 Å². The van der Waals surface area contributed by atoms with Gasteiger partial charge in [0.2, 0.25) is 0 Å². The fraction of sp³-hybridized carbons (Fsp3) is 0.375. The molecule has 0 aliphatic rings. The van der Waals surface area contributed by atoms with Crippen molar-refractivity contribution in [2.75, 3.05) is 45.7 Å². The van der Waals surface area contributed by atoms with Crippen molar-refractivity contribution in [3.63, 3.8) is 0 Å². The molecule has 3 aromatic rings. The summed E-state index contributed by atoms with van der Waals surface area (Å²) >= 11 is 0.958. The Bertz CT molecular complexity index is 1490. The second kappa shape index (κ2) is 15.5. The first-order chi connectivity index (χ1) is 19.6. The topological polar surface area (TPSA) is 199 Å². The molecule has 1 aromatic heterocycles. The Labute approximate surface area is 240 Å². The summed E-state index contributed by atoms with van der Waals surface area (Å²) in [7, 11) is -8.74. The van der Waals surface area contributed by atoms with Crippen LogP contribution in [0.2, 0.25) is 0 Å². The second-order valence-electron chi connectivity index (χ2n) is 8.41. The van der Waals surface area contributed by atoms with Crippen LogP contribution in [0.1, 0.15) is 18.4 Å². The molecule has 1 atom stereocenters. The standard InChI is InChI=1S/C24H31FN5O8PS2/c25-22-15-21(4-3-18(22)16-28)38-39(31,32)17-29-41(33,34)24-14-19-13-20(5-6-23(19)40-24)35-12-9-30(36-10-1-7-26)37-11-2-8-27/h3-6,13-15,29H,1-2,7-12,17,26-27H2,(H,31,32). The van der Waals surface area contributed by atoms with Crippen LogP contribution in [0.15, 0.2) is 46.7 Å². The molecule has 3 rings (SSSR count). The van der Waals surface area contributed by atoms with Crippen molar-refractivity contribution in [3.8, 4) is 17.6 Å². The number of rotatable bonds is 18. The number of hydrogen-bond donors (Lipinski definition) is 4. The zero-order chi connectivity index (χ0) is 29.9. The van der Waals surface area contributed by atoms with E-state index in [1.165, 1.54) is 11.3 Å². The number of hydrogen-bond acceptors (Lipinski definition) is 12. The minimum Gasteiger partial charge on any atom is -0.492 e. The van der Waals surface area contributed by atoms with Gasteiger partial charge in [0.15, 0.2) is 0 Å². The summed E-state index contributed by atoms with van der Waals surface area (Å²) in [4.78, 5) is 21.2. The van der Waals surface area contributed by atoms with Gasteiger partial charge in [-0.2, -0.15) is 9.98 Å². The first-order valence-corrected chi connectivity index (χ1v) is 16.4. The predicted octanol–water partition coefficient (Wildman–Crippen LogP) is 2.65. The van der Waals surface area contributed by atoms with Gasteiger partial charge in [-0.25, -0.2) is 17.4 Å². The van der Waals surface area contributed by atoms with Crippen LogP contribution >= 0.6 is 18.9 Å². The Morgan fingerprint density at radius 1 is 1.05 bits per heavy atom. The highest BCUT2D eigenvalue weighted by Crippen LogP contribution is 2.42.